The monoisotopic (exact) mass is 553 g/mol. The molecule has 3 N–H and O–H groups in total. The average molecular weight is 554 g/mol. The van der Waals surface area contributed by atoms with Crippen LogP contribution in [0.25, 0.3) is 22.0 Å². The molecule has 3 aromatic rings. The first kappa shape index (κ1) is 29.3. The number of carbonyl (C=O) groups excluding carboxylic acids is 1. The summed E-state index contributed by atoms with van der Waals surface area (Å²) in [4.78, 5) is 19.6. The van der Waals surface area contributed by atoms with Crippen LogP contribution in [0.15, 0.2) is 48.7 Å². The fraction of sp³-hybridized carbons (Fsp3) is 0.500. The molecule has 9 heteroatoms. The molecule has 2 aromatic carbocycles. The van der Waals surface area contributed by atoms with Gasteiger partial charge in [0.25, 0.3) is 0 Å². The highest BCUT2D eigenvalue weighted by Gasteiger charge is 2.30. The lowest BCUT2D eigenvalue weighted by atomic mass is 9.88. The number of benzene rings is 2. The number of amides is 1. The number of hydrogen-bond donors (Lipinski definition) is 2. The lowest BCUT2D eigenvalue weighted by Gasteiger charge is -2.31. The molecular weight excluding hydrogens is 510 g/mol. The van der Waals surface area contributed by atoms with E-state index < -0.39 is 10.0 Å². The summed E-state index contributed by atoms with van der Waals surface area (Å²) in [6, 6.07) is 14.3. The van der Waals surface area contributed by atoms with Crippen molar-refractivity contribution in [3.8, 4) is 11.1 Å². The van der Waals surface area contributed by atoms with Crippen molar-refractivity contribution in [3.63, 3.8) is 0 Å². The summed E-state index contributed by atoms with van der Waals surface area (Å²) in [5, 5.41) is 1.09. The molecule has 1 aliphatic rings. The number of fused-ring (bicyclic) bond motifs is 1. The molecule has 2 heterocycles. The quantitative estimate of drug-likeness (QED) is 0.336. The third-order valence-corrected chi connectivity index (χ3v) is 9.71. The number of rotatable bonds is 13. The van der Waals surface area contributed by atoms with Crippen molar-refractivity contribution in [2.75, 3.05) is 59.6 Å². The fourth-order valence-electron chi connectivity index (χ4n) is 5.65. The number of nitrogens with two attached hydrogens (primary N) is 1. The first-order valence-corrected chi connectivity index (χ1v) is 15.5. The molecule has 4 rings (SSSR count). The third-order valence-electron chi connectivity index (χ3n) is 7.75. The molecule has 0 radical (unpaired) electrons. The van der Waals surface area contributed by atoms with Gasteiger partial charge in [-0.2, -0.15) is 0 Å². The van der Waals surface area contributed by atoms with Crippen LogP contribution >= 0.6 is 0 Å². The molecule has 0 saturated carbocycles. The minimum absolute atomic E-state index is 0.165. The Kier molecular flexibility index (Phi) is 9.82. The Morgan fingerprint density at radius 3 is 2.36 bits per heavy atom. The maximum atomic E-state index is 13.1. The van der Waals surface area contributed by atoms with Crippen molar-refractivity contribution in [1.82, 2.24) is 19.1 Å². The van der Waals surface area contributed by atoms with Crippen LogP contribution in [-0.2, 0) is 21.2 Å². The lowest BCUT2D eigenvalue weighted by molar-refractivity contribution is -0.117. The maximum absolute atomic E-state index is 13.1. The number of nitrogens with zero attached hydrogens (tertiary/aromatic N) is 3. The van der Waals surface area contributed by atoms with Crippen molar-refractivity contribution in [2.24, 2.45) is 5.73 Å². The first-order valence-electron chi connectivity index (χ1n) is 13.9. The molecule has 1 saturated heterocycles. The van der Waals surface area contributed by atoms with Gasteiger partial charge in [0, 0.05) is 30.2 Å². The second-order valence-electron chi connectivity index (χ2n) is 11.1. The molecular formula is C30H43N5O3S. The van der Waals surface area contributed by atoms with Gasteiger partial charge in [0.15, 0.2) is 0 Å². The van der Waals surface area contributed by atoms with E-state index >= 15 is 0 Å². The zero-order valence-electron chi connectivity index (χ0n) is 23.5. The highest BCUT2D eigenvalue weighted by molar-refractivity contribution is 7.89. The van der Waals surface area contributed by atoms with E-state index in [1.54, 1.807) is 4.31 Å². The van der Waals surface area contributed by atoms with Crippen molar-refractivity contribution < 1.29 is 13.2 Å². The molecule has 0 atom stereocenters. The van der Waals surface area contributed by atoms with Gasteiger partial charge in [-0.3, -0.25) is 4.79 Å². The van der Waals surface area contributed by atoms with Gasteiger partial charge in [-0.1, -0.05) is 30.3 Å². The molecule has 212 valence electrons. The average Bonchev–Trinajstić information content (AvgIpc) is 3.33. The van der Waals surface area contributed by atoms with E-state index in [1.165, 1.54) is 5.56 Å². The maximum Gasteiger partial charge on any atom is 0.221 e. The number of H-pyrrole nitrogens is 1. The molecule has 1 amide bonds. The van der Waals surface area contributed by atoms with Gasteiger partial charge in [-0.05, 0) is 107 Å². The zero-order chi connectivity index (χ0) is 28.0. The summed E-state index contributed by atoms with van der Waals surface area (Å²) in [5.74, 6) is 0.0797. The molecule has 0 aliphatic carbocycles. The second kappa shape index (κ2) is 13.1. The van der Waals surface area contributed by atoms with Gasteiger partial charge in [-0.25, -0.2) is 12.7 Å². The van der Waals surface area contributed by atoms with Crippen LogP contribution < -0.4 is 5.73 Å². The molecule has 0 bridgehead atoms. The lowest BCUT2D eigenvalue weighted by Crippen LogP contribution is -2.39. The minimum atomic E-state index is -3.27. The van der Waals surface area contributed by atoms with Gasteiger partial charge in [0.2, 0.25) is 15.9 Å². The van der Waals surface area contributed by atoms with Gasteiger partial charge < -0.3 is 20.5 Å². The van der Waals surface area contributed by atoms with Crippen LogP contribution in [-0.4, -0.2) is 93.0 Å². The van der Waals surface area contributed by atoms with E-state index in [0.29, 0.717) is 19.5 Å². The van der Waals surface area contributed by atoms with Crippen LogP contribution in [0, 0.1) is 0 Å². The highest BCUT2D eigenvalue weighted by atomic mass is 32.2. The zero-order valence-corrected chi connectivity index (χ0v) is 24.3. The van der Waals surface area contributed by atoms with E-state index in [-0.39, 0.29) is 24.0 Å². The van der Waals surface area contributed by atoms with E-state index in [1.807, 2.05) is 30.5 Å². The number of carbonyl (C=O) groups is 1. The van der Waals surface area contributed by atoms with Crippen molar-refractivity contribution in [2.45, 2.75) is 38.0 Å². The summed E-state index contributed by atoms with van der Waals surface area (Å²) < 4.78 is 27.8. The van der Waals surface area contributed by atoms with Crippen LogP contribution in [0.4, 0.5) is 0 Å². The Labute approximate surface area is 233 Å². The number of piperidine rings is 1. The van der Waals surface area contributed by atoms with Gasteiger partial charge in [0.1, 0.15) is 0 Å². The standard InChI is InChI=1S/C30H43N5O3S/c1-33(2)13-7-14-34(3)15-8-18-39(37,38)35-16-11-24(12-17-35)28-22-32-30-26(21-29(31)36)19-25(20-27(28)30)23-9-5-4-6-10-23/h4-6,9-10,19-20,22,24,32H,7-8,11-18,21H2,1-3H3,(H2,31,36). The SMILES string of the molecule is CN(C)CCCN(C)CCCS(=O)(=O)N1CCC(c2c[nH]c3c(CC(N)=O)cc(-c4ccccc4)cc23)CC1. The summed E-state index contributed by atoms with van der Waals surface area (Å²) in [5.41, 5.74) is 10.7. The Balaban J connectivity index is 1.41. The minimum Gasteiger partial charge on any atom is -0.369 e. The predicted molar refractivity (Wildman–Crippen MR) is 159 cm³/mol. The van der Waals surface area contributed by atoms with Crippen molar-refractivity contribution in [1.29, 1.82) is 0 Å². The number of primary amides is 1. The fourth-order valence-corrected chi connectivity index (χ4v) is 7.17. The molecule has 1 aromatic heterocycles. The van der Waals surface area contributed by atoms with Gasteiger partial charge >= 0.3 is 0 Å². The number of aromatic nitrogens is 1. The molecule has 8 nitrogen and oxygen atoms in total. The normalized spacial score (nSPS) is 15.5. The van der Waals surface area contributed by atoms with Crippen LogP contribution in [0.5, 0.6) is 0 Å². The summed E-state index contributed by atoms with van der Waals surface area (Å²) >= 11 is 0. The van der Waals surface area contributed by atoms with Gasteiger partial charge in [-0.15, -0.1) is 0 Å². The Hall–Kier alpha value is -2.72. The Morgan fingerprint density at radius 1 is 1.00 bits per heavy atom. The molecule has 1 aliphatic heterocycles. The smallest absolute Gasteiger partial charge is 0.221 e. The van der Waals surface area contributed by atoms with Gasteiger partial charge in [0.05, 0.1) is 12.2 Å². The predicted octanol–water partition coefficient (Wildman–Crippen LogP) is 3.65. The van der Waals surface area contributed by atoms with Crippen molar-refractivity contribution >= 4 is 26.8 Å². The van der Waals surface area contributed by atoms with E-state index in [9.17, 15) is 13.2 Å². The molecule has 0 unspecified atom stereocenters. The van der Waals surface area contributed by atoms with E-state index in [0.717, 1.165) is 66.5 Å². The summed E-state index contributed by atoms with van der Waals surface area (Å²) in [7, 11) is 2.93. The van der Waals surface area contributed by atoms with Crippen LogP contribution in [0.2, 0.25) is 0 Å². The summed E-state index contributed by atoms with van der Waals surface area (Å²) in [6.45, 7) is 3.86. The highest BCUT2D eigenvalue weighted by Crippen LogP contribution is 2.37. The summed E-state index contributed by atoms with van der Waals surface area (Å²) in [6.07, 6.45) is 5.47. The van der Waals surface area contributed by atoms with E-state index in [2.05, 4.69) is 54.1 Å². The molecule has 1 fully saturated rings. The Morgan fingerprint density at radius 2 is 1.69 bits per heavy atom. The number of hydrogen-bond acceptors (Lipinski definition) is 5. The number of aromatic amines is 1. The largest absolute Gasteiger partial charge is 0.369 e. The topological polar surface area (TPSA) is 103 Å². The Bertz CT molecular complexity index is 1350. The first-order chi connectivity index (χ1) is 18.6. The van der Waals surface area contributed by atoms with E-state index in [4.69, 9.17) is 5.73 Å². The third kappa shape index (κ3) is 7.69. The molecule has 39 heavy (non-hydrogen) atoms. The number of sulfonamides is 1. The number of nitrogens with one attached hydrogen (secondary N) is 1. The molecule has 0 spiro atoms. The van der Waals surface area contributed by atoms with Crippen LogP contribution in [0.3, 0.4) is 0 Å². The van der Waals surface area contributed by atoms with Crippen molar-refractivity contribution in [3.05, 3.63) is 59.8 Å². The van der Waals surface area contributed by atoms with Crippen LogP contribution in [0.1, 0.15) is 42.7 Å². The second-order valence-corrected chi connectivity index (χ2v) is 13.2.